The molecule has 228 valence electrons. The summed E-state index contributed by atoms with van der Waals surface area (Å²) < 4.78 is 19.5. The topological polar surface area (TPSA) is 105 Å². The van der Waals surface area contributed by atoms with Crippen LogP contribution in [0, 0.1) is 0 Å². The van der Waals surface area contributed by atoms with Gasteiger partial charge in [0.05, 0.1) is 13.2 Å². The van der Waals surface area contributed by atoms with E-state index in [2.05, 4.69) is 67.0 Å². The molecule has 8 nitrogen and oxygen atoms in total. The molecule has 0 bridgehead atoms. The summed E-state index contributed by atoms with van der Waals surface area (Å²) in [7, 11) is 0. The Kier molecular flexibility index (Phi) is 18.2. The van der Waals surface area contributed by atoms with Gasteiger partial charge in [-0.15, -0.1) is 0 Å². The van der Waals surface area contributed by atoms with Gasteiger partial charge in [0.25, 0.3) is 0 Å². The lowest BCUT2D eigenvalue weighted by Gasteiger charge is -2.22. The van der Waals surface area contributed by atoms with E-state index in [9.17, 15) is 19.2 Å². The predicted octanol–water partition coefficient (Wildman–Crippen LogP) is 5.77. The molecule has 0 aliphatic rings. The van der Waals surface area contributed by atoms with Crippen molar-refractivity contribution < 1.29 is 38.1 Å². The molecule has 2 aromatic carbocycles. The van der Waals surface area contributed by atoms with Crippen molar-refractivity contribution in [2.75, 3.05) is 26.4 Å². The number of ether oxygens (including phenoxy) is 4. The molecule has 0 fully saturated rings. The zero-order chi connectivity index (χ0) is 31.9. The second kappa shape index (κ2) is 21.7. The van der Waals surface area contributed by atoms with Gasteiger partial charge < -0.3 is 18.9 Å². The molecule has 0 atom stereocenters. The highest BCUT2D eigenvalue weighted by atomic mass is 16.5. The number of hydrogen-bond acceptors (Lipinski definition) is 8. The number of hydrogen-bond donors (Lipinski definition) is 0. The summed E-state index contributed by atoms with van der Waals surface area (Å²) in [6, 6.07) is 16.5. The fraction of sp³-hybridized carbons (Fsp3) is 0.257. The second-order valence-corrected chi connectivity index (χ2v) is 8.77. The zero-order valence-corrected chi connectivity index (χ0v) is 24.7. The van der Waals surface area contributed by atoms with Crippen molar-refractivity contribution in [1.82, 2.24) is 0 Å². The number of benzene rings is 2. The van der Waals surface area contributed by atoms with Crippen molar-refractivity contribution >= 4 is 23.9 Å². The largest absolute Gasteiger partial charge is 0.462 e. The van der Waals surface area contributed by atoms with E-state index in [4.69, 9.17) is 9.47 Å². The average Bonchev–Trinajstić information content (AvgIpc) is 3.03. The van der Waals surface area contributed by atoms with Crippen LogP contribution in [0.25, 0.3) is 0 Å². The molecule has 8 heteroatoms. The summed E-state index contributed by atoms with van der Waals surface area (Å²) in [4.78, 5) is 44.3. The van der Waals surface area contributed by atoms with E-state index in [1.54, 1.807) is 0 Å². The molecule has 0 unspecified atom stereocenters. The van der Waals surface area contributed by atoms with Gasteiger partial charge in [0.15, 0.2) is 0 Å². The first kappa shape index (κ1) is 36.0. The summed E-state index contributed by atoms with van der Waals surface area (Å²) in [5.41, 5.74) is 4.76. The fourth-order valence-electron chi connectivity index (χ4n) is 3.97. The smallest absolute Gasteiger partial charge is 0.331 e. The van der Waals surface area contributed by atoms with Gasteiger partial charge >= 0.3 is 23.9 Å². The molecule has 43 heavy (non-hydrogen) atoms. The SMILES string of the molecule is C=CC(=O)OCCc1ccccc1C(CC)c1ccccc1CCOC(=O)C=C.C=CCOC(=O)C=CC(=O)OCC=C. The first-order chi connectivity index (χ1) is 20.8. The van der Waals surface area contributed by atoms with Crippen LogP contribution in [-0.2, 0) is 51.0 Å². The maximum absolute atomic E-state index is 11.3. The van der Waals surface area contributed by atoms with Crippen molar-refractivity contribution in [3.63, 3.8) is 0 Å². The van der Waals surface area contributed by atoms with Crippen LogP contribution < -0.4 is 0 Å². The second-order valence-electron chi connectivity index (χ2n) is 8.77. The molecule has 0 N–H and O–H groups in total. The van der Waals surface area contributed by atoms with Gasteiger partial charge in [-0.2, -0.15) is 0 Å². The van der Waals surface area contributed by atoms with Crippen LogP contribution in [0.1, 0.15) is 41.5 Å². The maximum atomic E-state index is 11.3. The highest BCUT2D eigenvalue weighted by molar-refractivity contribution is 5.91. The normalized spacial score (nSPS) is 10.1. The van der Waals surface area contributed by atoms with Gasteiger partial charge in [-0.1, -0.05) is 93.9 Å². The third kappa shape index (κ3) is 14.5. The van der Waals surface area contributed by atoms with Crippen molar-refractivity contribution in [2.45, 2.75) is 32.1 Å². The van der Waals surface area contributed by atoms with Crippen LogP contribution in [0.15, 0.2) is 111 Å². The lowest BCUT2D eigenvalue weighted by molar-refractivity contribution is -0.139. The van der Waals surface area contributed by atoms with Gasteiger partial charge in [-0.3, -0.25) is 0 Å². The molecule has 0 radical (unpaired) electrons. The Bertz CT molecular complexity index is 1180. The van der Waals surface area contributed by atoms with Crippen LogP contribution >= 0.6 is 0 Å². The van der Waals surface area contributed by atoms with E-state index in [-0.39, 0.29) is 19.1 Å². The third-order valence-corrected chi connectivity index (χ3v) is 5.88. The first-order valence-electron chi connectivity index (χ1n) is 13.8. The van der Waals surface area contributed by atoms with Crippen LogP contribution in [0.4, 0.5) is 0 Å². The van der Waals surface area contributed by atoms with Crippen molar-refractivity contribution in [1.29, 1.82) is 0 Å². The van der Waals surface area contributed by atoms with Gasteiger partial charge in [-0.25, -0.2) is 19.2 Å². The van der Waals surface area contributed by atoms with E-state index >= 15 is 0 Å². The quantitative estimate of drug-likeness (QED) is 0.0992. The van der Waals surface area contributed by atoms with Gasteiger partial charge in [0.2, 0.25) is 0 Å². The summed E-state index contributed by atoms with van der Waals surface area (Å²) in [6.45, 7) is 16.6. The summed E-state index contributed by atoms with van der Waals surface area (Å²) in [5, 5.41) is 0. The minimum Gasteiger partial charge on any atom is -0.462 e. The Labute approximate surface area is 254 Å². The molecule has 0 aromatic heterocycles. The summed E-state index contributed by atoms with van der Waals surface area (Å²) in [5.74, 6) is -1.84. The molecule has 0 saturated heterocycles. The third-order valence-electron chi connectivity index (χ3n) is 5.88. The number of carbonyl (C=O) groups excluding carboxylic acids is 4. The van der Waals surface area contributed by atoms with Crippen molar-refractivity contribution in [2.24, 2.45) is 0 Å². The molecule has 0 aliphatic carbocycles. The van der Waals surface area contributed by atoms with Gasteiger partial charge in [-0.05, 0) is 28.7 Å². The highest BCUT2D eigenvalue weighted by Crippen LogP contribution is 2.33. The average molecular weight is 589 g/mol. The molecule has 0 aliphatic heterocycles. The van der Waals surface area contributed by atoms with Crippen LogP contribution in [0.2, 0.25) is 0 Å². The lowest BCUT2D eigenvalue weighted by atomic mass is 9.83. The Morgan fingerprint density at radius 3 is 1.37 bits per heavy atom. The minimum atomic E-state index is -0.611. The number of esters is 4. The van der Waals surface area contributed by atoms with E-state index < -0.39 is 23.9 Å². The predicted molar refractivity (Wildman–Crippen MR) is 166 cm³/mol. The molecule has 2 rings (SSSR count). The van der Waals surface area contributed by atoms with Crippen LogP contribution in [0.5, 0.6) is 0 Å². The Hall–Kier alpha value is -4.98. The highest BCUT2D eigenvalue weighted by Gasteiger charge is 2.18. The molecule has 2 aromatic rings. The lowest BCUT2D eigenvalue weighted by Crippen LogP contribution is -2.11. The summed E-state index contributed by atoms with van der Waals surface area (Å²) >= 11 is 0. The van der Waals surface area contributed by atoms with Crippen molar-refractivity contribution in [3.05, 3.63) is 134 Å². The Morgan fingerprint density at radius 2 is 1.02 bits per heavy atom. The molecular weight excluding hydrogens is 548 g/mol. The van der Waals surface area contributed by atoms with E-state index in [1.807, 2.05) is 24.3 Å². The van der Waals surface area contributed by atoms with E-state index in [0.717, 1.165) is 29.7 Å². The van der Waals surface area contributed by atoms with Gasteiger partial charge in [0.1, 0.15) is 13.2 Å². The minimum absolute atomic E-state index is 0.116. The molecule has 0 heterocycles. The Morgan fingerprint density at radius 1 is 0.628 bits per heavy atom. The zero-order valence-electron chi connectivity index (χ0n) is 24.7. The summed E-state index contributed by atoms with van der Waals surface area (Å²) in [6.07, 6.45) is 9.42. The standard InChI is InChI=1S/C25H28O4.C10H12O4/c1-4-21(22-13-9-7-11-19(22)15-17-28-24(26)5-2)23-14-10-8-12-20(23)16-18-29-25(27)6-3;1-3-7-13-9(11)5-6-10(12)14-8-4-2/h5-14,21H,2-4,15-18H2,1H3;3-6H,1-2,7-8H2. The van der Waals surface area contributed by atoms with E-state index in [0.29, 0.717) is 26.1 Å². The number of carbonyl (C=O) groups is 4. The number of rotatable bonds is 17. The molecule has 0 amide bonds. The van der Waals surface area contributed by atoms with Crippen LogP contribution in [-0.4, -0.2) is 50.3 Å². The van der Waals surface area contributed by atoms with E-state index in [1.165, 1.54) is 35.4 Å². The molecule has 0 saturated carbocycles. The fourth-order valence-corrected chi connectivity index (χ4v) is 3.97. The molecule has 0 spiro atoms. The maximum Gasteiger partial charge on any atom is 0.331 e. The molecular formula is C35H40O8. The van der Waals surface area contributed by atoms with Gasteiger partial charge in [0, 0.05) is 43.1 Å². The van der Waals surface area contributed by atoms with Crippen LogP contribution in [0.3, 0.4) is 0 Å². The Balaban J connectivity index is 0.000000557. The van der Waals surface area contributed by atoms with Crippen molar-refractivity contribution in [3.8, 4) is 0 Å². The monoisotopic (exact) mass is 588 g/mol. The first-order valence-corrected chi connectivity index (χ1v) is 13.8.